The zero-order chi connectivity index (χ0) is 15.2. The molecule has 1 fully saturated rings. The number of phenolic OH excluding ortho intramolecular Hbond substituents is 1. The molecule has 1 aliphatic carbocycles. The second-order valence-corrected chi connectivity index (χ2v) is 5.64. The van der Waals surface area contributed by atoms with Crippen LogP contribution in [-0.2, 0) is 16.0 Å². The van der Waals surface area contributed by atoms with Crippen LogP contribution in [0, 0.1) is 11.8 Å². The molecule has 2 atom stereocenters. The summed E-state index contributed by atoms with van der Waals surface area (Å²) < 4.78 is 0. The van der Waals surface area contributed by atoms with Gasteiger partial charge in [0.2, 0.25) is 5.91 Å². The van der Waals surface area contributed by atoms with Gasteiger partial charge in [-0.2, -0.15) is 0 Å². The van der Waals surface area contributed by atoms with E-state index in [0.717, 1.165) is 24.8 Å². The Bertz CT molecular complexity index is 498. The van der Waals surface area contributed by atoms with Crippen molar-refractivity contribution in [1.29, 1.82) is 0 Å². The van der Waals surface area contributed by atoms with Gasteiger partial charge < -0.3 is 15.5 Å². The average molecular weight is 291 g/mol. The Kier molecular flexibility index (Phi) is 5.20. The largest absolute Gasteiger partial charge is 0.508 e. The van der Waals surface area contributed by atoms with Crippen molar-refractivity contribution in [3.8, 4) is 5.75 Å². The number of nitrogens with one attached hydrogen (secondary N) is 1. The summed E-state index contributed by atoms with van der Waals surface area (Å²) in [6, 6.07) is 6.50. The molecule has 0 spiro atoms. The van der Waals surface area contributed by atoms with E-state index < -0.39 is 5.97 Å². The molecule has 21 heavy (non-hydrogen) atoms. The number of carboxylic acids is 1. The van der Waals surface area contributed by atoms with Crippen LogP contribution in [0.1, 0.15) is 31.2 Å². The molecule has 0 heterocycles. The van der Waals surface area contributed by atoms with E-state index in [-0.39, 0.29) is 29.9 Å². The molecule has 1 amide bonds. The standard InChI is InChI=1S/C16H21NO4/c18-13-7-5-11(6-8-13)9-15(19)17-10-12-3-1-2-4-14(12)16(20)21/h5-8,12,14,18H,1-4,9-10H2,(H,17,19)(H,20,21). The van der Waals surface area contributed by atoms with E-state index in [9.17, 15) is 19.8 Å². The van der Waals surface area contributed by atoms with Crippen LogP contribution in [0.15, 0.2) is 24.3 Å². The minimum absolute atomic E-state index is 0.0278. The lowest BCUT2D eigenvalue weighted by Crippen LogP contribution is -2.37. The summed E-state index contributed by atoms with van der Waals surface area (Å²) >= 11 is 0. The summed E-state index contributed by atoms with van der Waals surface area (Å²) in [6.45, 7) is 0.424. The summed E-state index contributed by atoms with van der Waals surface area (Å²) in [5.41, 5.74) is 0.823. The third-order valence-electron chi connectivity index (χ3n) is 4.09. The van der Waals surface area contributed by atoms with Gasteiger partial charge in [-0.05, 0) is 36.5 Å². The molecule has 5 heteroatoms. The first kappa shape index (κ1) is 15.4. The van der Waals surface area contributed by atoms with Crippen molar-refractivity contribution in [3.05, 3.63) is 29.8 Å². The van der Waals surface area contributed by atoms with Crippen LogP contribution in [0.25, 0.3) is 0 Å². The Morgan fingerprint density at radius 2 is 1.81 bits per heavy atom. The first-order valence-electron chi connectivity index (χ1n) is 7.33. The molecular weight excluding hydrogens is 270 g/mol. The van der Waals surface area contributed by atoms with Crippen LogP contribution < -0.4 is 5.32 Å². The quantitative estimate of drug-likeness (QED) is 0.774. The Balaban J connectivity index is 1.82. The van der Waals surface area contributed by atoms with Crippen LogP contribution in [0.2, 0.25) is 0 Å². The van der Waals surface area contributed by atoms with Crippen molar-refractivity contribution in [1.82, 2.24) is 5.32 Å². The molecule has 5 nitrogen and oxygen atoms in total. The van der Waals surface area contributed by atoms with Crippen LogP contribution in [0.3, 0.4) is 0 Å². The number of phenols is 1. The number of aliphatic carboxylic acids is 1. The van der Waals surface area contributed by atoms with Crippen LogP contribution in [0.4, 0.5) is 0 Å². The number of benzene rings is 1. The molecule has 0 saturated heterocycles. The molecule has 1 saturated carbocycles. The number of carbonyl (C=O) groups excluding carboxylic acids is 1. The van der Waals surface area contributed by atoms with E-state index >= 15 is 0 Å². The zero-order valence-corrected chi connectivity index (χ0v) is 11.9. The van der Waals surface area contributed by atoms with E-state index in [1.807, 2.05) is 0 Å². The minimum Gasteiger partial charge on any atom is -0.508 e. The van der Waals surface area contributed by atoms with E-state index in [1.54, 1.807) is 24.3 Å². The fourth-order valence-electron chi connectivity index (χ4n) is 2.88. The second-order valence-electron chi connectivity index (χ2n) is 5.64. The van der Waals surface area contributed by atoms with Gasteiger partial charge >= 0.3 is 5.97 Å². The highest BCUT2D eigenvalue weighted by atomic mass is 16.4. The zero-order valence-electron chi connectivity index (χ0n) is 11.9. The number of rotatable bonds is 5. The number of hydrogen-bond donors (Lipinski definition) is 3. The van der Waals surface area contributed by atoms with Gasteiger partial charge in [-0.25, -0.2) is 0 Å². The van der Waals surface area contributed by atoms with Crippen molar-refractivity contribution < 1.29 is 19.8 Å². The van der Waals surface area contributed by atoms with Crippen molar-refractivity contribution >= 4 is 11.9 Å². The lowest BCUT2D eigenvalue weighted by molar-refractivity contribution is -0.145. The smallest absolute Gasteiger partial charge is 0.306 e. The van der Waals surface area contributed by atoms with Gasteiger partial charge in [-0.15, -0.1) is 0 Å². The van der Waals surface area contributed by atoms with Crippen LogP contribution >= 0.6 is 0 Å². The summed E-state index contributed by atoms with van der Waals surface area (Å²) in [5.74, 6) is -1.01. The van der Waals surface area contributed by atoms with Crippen LogP contribution in [-0.4, -0.2) is 28.6 Å². The van der Waals surface area contributed by atoms with Crippen molar-refractivity contribution in [2.45, 2.75) is 32.1 Å². The number of carbonyl (C=O) groups is 2. The topological polar surface area (TPSA) is 86.6 Å². The third kappa shape index (κ3) is 4.48. The number of aromatic hydroxyl groups is 1. The monoisotopic (exact) mass is 291 g/mol. The maximum atomic E-state index is 11.9. The molecule has 114 valence electrons. The molecule has 1 aromatic rings. The molecule has 0 bridgehead atoms. The molecule has 1 aromatic carbocycles. The van der Waals surface area contributed by atoms with Gasteiger partial charge in [0.25, 0.3) is 0 Å². The first-order valence-corrected chi connectivity index (χ1v) is 7.33. The highest BCUT2D eigenvalue weighted by Gasteiger charge is 2.30. The van der Waals surface area contributed by atoms with E-state index in [0.29, 0.717) is 13.0 Å². The molecule has 3 N–H and O–H groups in total. The highest BCUT2D eigenvalue weighted by Crippen LogP contribution is 2.29. The minimum atomic E-state index is -0.757. The lowest BCUT2D eigenvalue weighted by Gasteiger charge is -2.28. The van der Waals surface area contributed by atoms with Gasteiger partial charge in [0.05, 0.1) is 12.3 Å². The Morgan fingerprint density at radius 1 is 1.14 bits per heavy atom. The number of hydrogen-bond acceptors (Lipinski definition) is 3. The fraction of sp³-hybridized carbons (Fsp3) is 0.500. The first-order chi connectivity index (χ1) is 10.1. The summed E-state index contributed by atoms with van der Waals surface area (Å²) in [6.07, 6.45) is 3.78. The SMILES string of the molecule is O=C(Cc1ccc(O)cc1)NCC1CCCCC1C(=O)O. The molecule has 0 aromatic heterocycles. The van der Waals surface area contributed by atoms with Gasteiger partial charge in [-0.3, -0.25) is 9.59 Å². The van der Waals surface area contributed by atoms with Crippen molar-refractivity contribution in [2.75, 3.05) is 6.54 Å². The maximum Gasteiger partial charge on any atom is 0.306 e. The lowest BCUT2D eigenvalue weighted by atomic mass is 9.79. The third-order valence-corrected chi connectivity index (χ3v) is 4.09. The Hall–Kier alpha value is -2.04. The predicted molar refractivity (Wildman–Crippen MR) is 77.9 cm³/mol. The number of amides is 1. The summed E-state index contributed by atoms with van der Waals surface area (Å²) in [4.78, 5) is 23.1. The molecule has 2 unspecified atom stereocenters. The van der Waals surface area contributed by atoms with E-state index in [1.165, 1.54) is 0 Å². The number of carboxylic acid groups (broad SMARTS) is 1. The highest BCUT2D eigenvalue weighted by molar-refractivity contribution is 5.78. The molecule has 0 aliphatic heterocycles. The van der Waals surface area contributed by atoms with Gasteiger partial charge in [0.1, 0.15) is 5.75 Å². The van der Waals surface area contributed by atoms with Gasteiger partial charge in [-0.1, -0.05) is 25.0 Å². The van der Waals surface area contributed by atoms with E-state index in [2.05, 4.69) is 5.32 Å². The maximum absolute atomic E-state index is 11.9. The fourth-order valence-corrected chi connectivity index (χ4v) is 2.88. The van der Waals surface area contributed by atoms with E-state index in [4.69, 9.17) is 0 Å². The molecule has 1 aliphatic rings. The Labute approximate surface area is 124 Å². The summed E-state index contributed by atoms with van der Waals surface area (Å²) in [5, 5.41) is 21.2. The molecule has 0 radical (unpaired) electrons. The van der Waals surface area contributed by atoms with Gasteiger partial charge in [0, 0.05) is 6.54 Å². The normalized spacial score (nSPS) is 21.7. The summed E-state index contributed by atoms with van der Waals surface area (Å²) in [7, 11) is 0. The molecular formula is C16H21NO4. The molecule has 2 rings (SSSR count). The van der Waals surface area contributed by atoms with Crippen molar-refractivity contribution in [3.63, 3.8) is 0 Å². The van der Waals surface area contributed by atoms with Crippen molar-refractivity contribution in [2.24, 2.45) is 11.8 Å². The van der Waals surface area contributed by atoms with Crippen LogP contribution in [0.5, 0.6) is 5.75 Å². The average Bonchev–Trinajstić information content (AvgIpc) is 2.48. The second kappa shape index (κ2) is 7.11. The Morgan fingerprint density at radius 3 is 2.48 bits per heavy atom. The predicted octanol–water partition coefficient (Wildman–Crippen LogP) is 1.94. The van der Waals surface area contributed by atoms with Gasteiger partial charge in [0.15, 0.2) is 0 Å².